The normalized spacial score (nSPS) is 11.4. The fourth-order valence-corrected chi connectivity index (χ4v) is 2.26. The molecule has 3 aromatic rings. The van der Waals surface area contributed by atoms with Crippen LogP contribution in [0.4, 0.5) is 13.2 Å². The number of aliphatic carboxylic acids is 1. The highest BCUT2D eigenvalue weighted by Gasteiger charge is 2.31. The van der Waals surface area contributed by atoms with Crippen LogP contribution in [0, 0.1) is 0 Å². The van der Waals surface area contributed by atoms with E-state index in [1.54, 1.807) is 0 Å². The Hall–Kier alpha value is -3.56. The van der Waals surface area contributed by atoms with Crippen LogP contribution in [0.1, 0.15) is 21.8 Å². The van der Waals surface area contributed by atoms with Gasteiger partial charge in [-0.25, -0.2) is 14.6 Å². The van der Waals surface area contributed by atoms with E-state index in [9.17, 15) is 22.8 Å². The first-order chi connectivity index (χ1) is 13.2. The molecule has 0 aliphatic heterocycles. The molecule has 0 atom stereocenters. The van der Waals surface area contributed by atoms with E-state index >= 15 is 0 Å². The number of alkyl halides is 3. The summed E-state index contributed by atoms with van der Waals surface area (Å²) in [5.74, 6) is -1.64. The molecule has 0 aliphatic rings. The number of ether oxygens (including phenoxy) is 2. The molecule has 0 bridgehead atoms. The Labute approximate surface area is 155 Å². The van der Waals surface area contributed by atoms with Crippen LogP contribution < -0.4 is 4.74 Å². The molecule has 1 N–H and O–H groups in total. The Bertz CT molecular complexity index is 1010. The number of carbonyl (C=O) groups is 2. The van der Waals surface area contributed by atoms with Crippen molar-refractivity contribution in [3.05, 3.63) is 59.5 Å². The van der Waals surface area contributed by atoms with Crippen molar-refractivity contribution >= 4 is 23.0 Å². The molecule has 0 fully saturated rings. The van der Waals surface area contributed by atoms with E-state index in [-0.39, 0.29) is 34.9 Å². The van der Waals surface area contributed by atoms with E-state index in [1.165, 1.54) is 24.3 Å². The van der Waals surface area contributed by atoms with E-state index in [4.69, 9.17) is 19.0 Å². The van der Waals surface area contributed by atoms with Crippen LogP contribution in [0.3, 0.4) is 0 Å². The van der Waals surface area contributed by atoms with Gasteiger partial charge in [-0.2, -0.15) is 13.2 Å². The molecule has 2 aromatic carbocycles. The first-order valence-corrected chi connectivity index (χ1v) is 7.81. The van der Waals surface area contributed by atoms with Gasteiger partial charge in [-0.15, -0.1) is 0 Å². The van der Waals surface area contributed by atoms with Crippen molar-refractivity contribution in [1.29, 1.82) is 0 Å². The second kappa shape index (κ2) is 7.59. The third-order valence-electron chi connectivity index (χ3n) is 3.54. The largest absolute Gasteiger partial charge is 0.482 e. The van der Waals surface area contributed by atoms with Crippen LogP contribution in [0.15, 0.2) is 46.9 Å². The lowest BCUT2D eigenvalue weighted by atomic mass is 10.2. The summed E-state index contributed by atoms with van der Waals surface area (Å²) >= 11 is 0. The number of nitrogens with zero attached hydrogens (tertiary/aromatic N) is 1. The number of hydrogen-bond acceptors (Lipinski definition) is 6. The summed E-state index contributed by atoms with van der Waals surface area (Å²) < 4.78 is 53.4. The van der Waals surface area contributed by atoms with E-state index < -0.39 is 30.3 Å². The molecule has 0 aliphatic carbocycles. The summed E-state index contributed by atoms with van der Waals surface area (Å²) in [6, 6.07) is 8.42. The van der Waals surface area contributed by atoms with Gasteiger partial charge in [0.15, 0.2) is 18.8 Å². The van der Waals surface area contributed by atoms with Gasteiger partial charge in [0.2, 0.25) is 5.89 Å². The van der Waals surface area contributed by atoms with Gasteiger partial charge in [0, 0.05) is 0 Å². The zero-order valence-electron chi connectivity index (χ0n) is 14.0. The fourth-order valence-electron chi connectivity index (χ4n) is 2.26. The predicted molar refractivity (Wildman–Crippen MR) is 87.7 cm³/mol. The SMILES string of the molecule is O=C(O)COc1ccc(C(=O)OCc2nc3cc(C(F)(F)F)ccc3o2)cc1. The average Bonchev–Trinajstić information content (AvgIpc) is 3.06. The maximum absolute atomic E-state index is 12.7. The second-order valence-corrected chi connectivity index (χ2v) is 5.57. The first kappa shape index (κ1) is 19.2. The Morgan fingerprint density at radius 3 is 2.46 bits per heavy atom. The molecule has 10 heteroatoms. The number of carboxylic acids is 1. The van der Waals surface area contributed by atoms with Gasteiger partial charge in [-0.3, -0.25) is 0 Å². The first-order valence-electron chi connectivity index (χ1n) is 7.81. The average molecular weight is 395 g/mol. The number of oxazole rings is 1. The molecule has 0 saturated heterocycles. The predicted octanol–water partition coefficient (Wildman–Crippen LogP) is 3.67. The smallest absolute Gasteiger partial charge is 0.416 e. The molecule has 1 aromatic heterocycles. The lowest BCUT2D eigenvalue weighted by molar-refractivity contribution is -0.139. The number of carbonyl (C=O) groups excluding carboxylic acids is 1. The summed E-state index contributed by atoms with van der Waals surface area (Å²) in [7, 11) is 0. The molecule has 28 heavy (non-hydrogen) atoms. The van der Waals surface area contributed by atoms with Gasteiger partial charge in [0.05, 0.1) is 11.1 Å². The van der Waals surface area contributed by atoms with Gasteiger partial charge in [0.25, 0.3) is 0 Å². The van der Waals surface area contributed by atoms with Gasteiger partial charge >= 0.3 is 18.1 Å². The summed E-state index contributed by atoms with van der Waals surface area (Å²) in [6.07, 6.45) is -4.50. The monoisotopic (exact) mass is 395 g/mol. The molecular formula is C18H12F3NO6. The Morgan fingerprint density at radius 2 is 1.82 bits per heavy atom. The van der Waals surface area contributed by atoms with Gasteiger partial charge < -0.3 is 19.0 Å². The number of benzene rings is 2. The van der Waals surface area contributed by atoms with E-state index in [2.05, 4.69) is 4.98 Å². The van der Waals surface area contributed by atoms with Crippen molar-refractivity contribution in [2.24, 2.45) is 0 Å². The maximum Gasteiger partial charge on any atom is 0.416 e. The maximum atomic E-state index is 12.7. The Balaban J connectivity index is 1.63. The minimum atomic E-state index is -4.50. The van der Waals surface area contributed by atoms with Crippen molar-refractivity contribution < 1.29 is 41.8 Å². The highest BCUT2D eigenvalue weighted by atomic mass is 19.4. The van der Waals surface area contributed by atoms with E-state index in [0.29, 0.717) is 0 Å². The van der Waals surface area contributed by atoms with Crippen LogP contribution in [0.2, 0.25) is 0 Å². The number of aromatic nitrogens is 1. The third kappa shape index (κ3) is 4.58. The molecule has 0 amide bonds. The van der Waals surface area contributed by atoms with Crippen LogP contribution in [-0.4, -0.2) is 28.6 Å². The van der Waals surface area contributed by atoms with Crippen LogP contribution in [0.5, 0.6) is 5.75 Å². The standard InChI is InChI=1S/C18H12F3NO6/c19-18(20,21)11-3-6-14-13(7-11)22-15(28-14)8-27-17(25)10-1-4-12(5-2-10)26-9-16(23)24/h1-7H,8-9H2,(H,23,24). The highest BCUT2D eigenvalue weighted by Crippen LogP contribution is 2.31. The molecule has 0 unspecified atom stereocenters. The Kier molecular flexibility index (Phi) is 5.21. The third-order valence-corrected chi connectivity index (χ3v) is 3.54. The molecule has 0 spiro atoms. The molecule has 0 saturated carbocycles. The van der Waals surface area contributed by atoms with E-state index in [1.807, 2.05) is 0 Å². The number of esters is 1. The summed E-state index contributed by atoms with van der Waals surface area (Å²) in [4.78, 5) is 26.3. The van der Waals surface area contributed by atoms with Crippen molar-refractivity contribution in [3.63, 3.8) is 0 Å². The fraction of sp³-hybridized carbons (Fsp3) is 0.167. The molecule has 146 valence electrons. The lowest BCUT2D eigenvalue weighted by Gasteiger charge is -2.05. The lowest BCUT2D eigenvalue weighted by Crippen LogP contribution is -2.09. The van der Waals surface area contributed by atoms with Gasteiger partial charge in [0.1, 0.15) is 11.3 Å². The summed E-state index contributed by atoms with van der Waals surface area (Å²) in [6.45, 7) is -0.885. The van der Waals surface area contributed by atoms with E-state index in [0.717, 1.165) is 18.2 Å². The molecule has 0 radical (unpaired) electrons. The Morgan fingerprint density at radius 1 is 1.11 bits per heavy atom. The van der Waals surface area contributed by atoms with Crippen molar-refractivity contribution in [1.82, 2.24) is 4.98 Å². The zero-order valence-corrected chi connectivity index (χ0v) is 14.0. The number of fused-ring (bicyclic) bond motifs is 1. The van der Waals surface area contributed by atoms with Gasteiger partial charge in [-0.05, 0) is 42.5 Å². The number of carboxylic acid groups (broad SMARTS) is 1. The van der Waals surface area contributed by atoms with Crippen molar-refractivity contribution in [3.8, 4) is 5.75 Å². The van der Waals surface area contributed by atoms with Crippen LogP contribution in [-0.2, 0) is 22.3 Å². The van der Waals surface area contributed by atoms with Crippen LogP contribution >= 0.6 is 0 Å². The summed E-state index contributed by atoms with van der Waals surface area (Å²) in [5.41, 5.74) is -0.556. The van der Waals surface area contributed by atoms with Crippen LogP contribution in [0.25, 0.3) is 11.1 Å². The molecule has 3 rings (SSSR count). The molecule has 1 heterocycles. The van der Waals surface area contributed by atoms with Crippen molar-refractivity contribution in [2.75, 3.05) is 6.61 Å². The minimum Gasteiger partial charge on any atom is -0.482 e. The minimum absolute atomic E-state index is 0.000746. The van der Waals surface area contributed by atoms with Gasteiger partial charge in [-0.1, -0.05) is 0 Å². The number of halogens is 3. The number of hydrogen-bond donors (Lipinski definition) is 1. The second-order valence-electron chi connectivity index (χ2n) is 5.57. The molecule has 7 nitrogen and oxygen atoms in total. The number of rotatable bonds is 6. The summed E-state index contributed by atoms with van der Waals surface area (Å²) in [5, 5.41) is 8.53. The highest BCUT2D eigenvalue weighted by molar-refractivity contribution is 5.89. The zero-order chi connectivity index (χ0) is 20.3. The topological polar surface area (TPSA) is 98.9 Å². The molecular weight excluding hydrogens is 383 g/mol. The quantitative estimate of drug-likeness (QED) is 0.636. The van der Waals surface area contributed by atoms with Crippen molar-refractivity contribution in [2.45, 2.75) is 12.8 Å².